The fourth-order valence-corrected chi connectivity index (χ4v) is 0.740. The van der Waals surface area contributed by atoms with E-state index in [1.165, 1.54) is 6.92 Å². The van der Waals surface area contributed by atoms with Crippen LogP contribution in [0.15, 0.2) is 0 Å². The van der Waals surface area contributed by atoms with Crippen molar-refractivity contribution in [1.29, 1.82) is 0 Å². The summed E-state index contributed by atoms with van der Waals surface area (Å²) in [7, 11) is 0. The van der Waals surface area contributed by atoms with Crippen LogP contribution < -0.4 is 0 Å². The Balaban J connectivity index is 0. The normalized spacial score (nSPS) is 8.55. The van der Waals surface area contributed by atoms with Crippen LogP contribution in [-0.2, 0) is 29.1 Å². The average molecular weight is 208 g/mol. The van der Waals surface area contributed by atoms with Gasteiger partial charge in [-0.2, -0.15) is 0 Å². The van der Waals surface area contributed by atoms with Crippen molar-refractivity contribution < 1.29 is 29.1 Å². The Morgan fingerprint density at radius 2 is 1.82 bits per heavy atom. The fraction of sp³-hybridized carbons (Fsp3) is 0.750. The van der Waals surface area contributed by atoms with Gasteiger partial charge >= 0.3 is 0 Å². The monoisotopic (exact) mass is 206 g/mol. The van der Waals surface area contributed by atoms with Crippen LogP contribution in [0.1, 0.15) is 39.5 Å². The van der Waals surface area contributed by atoms with Crippen molar-refractivity contribution in [2.24, 2.45) is 0 Å². The average Bonchev–Trinajstić information content (AvgIpc) is 1.82. The molecule has 0 amide bonds. The molecule has 0 rings (SSSR count). The molecule has 11 heavy (non-hydrogen) atoms. The summed E-state index contributed by atoms with van der Waals surface area (Å²) in [5.74, 6) is 0.0513. The molecule has 0 aliphatic heterocycles. The third-order valence-electron chi connectivity index (χ3n) is 1.26. The van der Waals surface area contributed by atoms with E-state index in [1.807, 2.05) is 6.92 Å². The summed E-state index contributed by atoms with van der Waals surface area (Å²) in [6.07, 6.45) is 2.62. The third kappa shape index (κ3) is 9.96. The first-order valence-corrected chi connectivity index (χ1v) is 3.68. The van der Waals surface area contributed by atoms with Gasteiger partial charge in [0.25, 0.3) is 0 Å². The van der Waals surface area contributed by atoms with Gasteiger partial charge in [-0.05, 0) is 13.3 Å². The summed E-state index contributed by atoms with van der Waals surface area (Å²) >= 11 is 0. The second kappa shape index (κ2) is 8.06. The van der Waals surface area contributed by atoms with Crippen molar-refractivity contribution in [2.45, 2.75) is 39.5 Å². The molecule has 0 aromatic rings. The van der Waals surface area contributed by atoms with Gasteiger partial charge in [0.2, 0.25) is 0 Å². The van der Waals surface area contributed by atoms with Crippen LogP contribution in [-0.4, -0.2) is 11.6 Å². The molecule has 60 valence electrons. The molecular weight excluding hydrogens is 193 g/mol. The number of carbonyl (C=O) groups excluding carboxylic acids is 2. The van der Waals surface area contributed by atoms with E-state index in [-0.39, 0.29) is 37.5 Å². The van der Waals surface area contributed by atoms with Gasteiger partial charge in [0.1, 0.15) is 11.6 Å². The van der Waals surface area contributed by atoms with Crippen LogP contribution in [0.25, 0.3) is 0 Å². The molecule has 0 spiro atoms. The van der Waals surface area contributed by atoms with Crippen LogP contribution in [0.3, 0.4) is 0 Å². The zero-order valence-corrected chi connectivity index (χ0v) is 10.3. The van der Waals surface area contributed by atoms with E-state index in [0.717, 1.165) is 12.8 Å². The molecule has 3 heteroatoms. The molecule has 0 aliphatic rings. The molecule has 0 unspecified atom stereocenters. The maximum atomic E-state index is 10.8. The molecule has 2 nitrogen and oxygen atoms in total. The van der Waals surface area contributed by atoms with Crippen LogP contribution in [0.2, 0.25) is 0 Å². The minimum absolute atomic E-state index is 0. The Hall–Kier alpha value is -0.0366. The zero-order valence-electron chi connectivity index (χ0n) is 7.35. The van der Waals surface area contributed by atoms with Gasteiger partial charge in [-0.25, -0.2) is 0 Å². The Morgan fingerprint density at radius 1 is 1.27 bits per heavy atom. The smallest absolute Gasteiger partial charge is 0.140 e. The van der Waals surface area contributed by atoms with Crippen molar-refractivity contribution in [3.8, 4) is 0 Å². The second-order valence-electron chi connectivity index (χ2n) is 2.52. The largest absolute Gasteiger partial charge is 0.300 e. The summed E-state index contributed by atoms with van der Waals surface area (Å²) in [5.41, 5.74) is 0. The molecule has 0 aliphatic carbocycles. The maximum Gasteiger partial charge on any atom is 0.140 e. The number of carbonyl (C=O) groups is 2. The van der Waals surface area contributed by atoms with Gasteiger partial charge in [0.15, 0.2) is 0 Å². The zero-order chi connectivity index (χ0) is 7.98. The van der Waals surface area contributed by atoms with Gasteiger partial charge in [-0.3, -0.25) is 9.59 Å². The van der Waals surface area contributed by atoms with E-state index in [4.69, 9.17) is 0 Å². The number of rotatable bonds is 5. The van der Waals surface area contributed by atoms with Crippen LogP contribution in [0.5, 0.6) is 0 Å². The predicted molar refractivity (Wildman–Crippen MR) is 39.8 cm³/mol. The summed E-state index contributed by atoms with van der Waals surface area (Å²) in [6.45, 7) is 3.48. The maximum absolute atomic E-state index is 10.8. The summed E-state index contributed by atoms with van der Waals surface area (Å²) in [5, 5.41) is 0. The van der Waals surface area contributed by atoms with Crippen molar-refractivity contribution in [2.75, 3.05) is 0 Å². The Bertz CT molecular complexity index is 132. The van der Waals surface area contributed by atoms with Gasteiger partial charge in [0.05, 0.1) is 6.42 Å². The Labute approximate surface area is 80.5 Å². The van der Waals surface area contributed by atoms with E-state index >= 15 is 0 Å². The van der Waals surface area contributed by atoms with Crippen LogP contribution in [0, 0.1) is 0 Å². The summed E-state index contributed by atoms with van der Waals surface area (Å²) in [4.78, 5) is 21.2. The number of unbranched alkanes of at least 4 members (excludes halogenated alkanes) is 1. The molecule has 0 bridgehead atoms. The van der Waals surface area contributed by atoms with Crippen molar-refractivity contribution >= 4 is 11.6 Å². The molecule has 0 saturated heterocycles. The minimum atomic E-state index is -0.0268. The molecule has 0 radical (unpaired) electrons. The molecule has 0 aromatic heterocycles. The molecule has 0 heterocycles. The fourth-order valence-electron chi connectivity index (χ4n) is 0.740. The van der Waals surface area contributed by atoms with Crippen molar-refractivity contribution in [1.82, 2.24) is 0 Å². The van der Waals surface area contributed by atoms with Gasteiger partial charge in [-0.1, -0.05) is 13.3 Å². The van der Waals surface area contributed by atoms with Gasteiger partial charge in [-0.15, -0.1) is 0 Å². The molecule has 0 saturated carbocycles. The summed E-state index contributed by atoms with van der Waals surface area (Å²) in [6, 6.07) is 0. The van der Waals surface area contributed by atoms with Crippen LogP contribution >= 0.6 is 0 Å². The van der Waals surface area contributed by atoms with Crippen molar-refractivity contribution in [3.05, 3.63) is 0 Å². The summed E-state index contributed by atoms with van der Waals surface area (Å²) < 4.78 is 0. The second-order valence-corrected chi connectivity index (χ2v) is 2.52. The van der Waals surface area contributed by atoms with E-state index < -0.39 is 0 Å². The number of ketones is 2. The standard InChI is InChI=1S/C8H14O2.Zn/c1-3-4-5-8(10)6-7(2)9;/h3-6H2,1-2H3;. The number of hydrogen-bond acceptors (Lipinski definition) is 2. The first-order chi connectivity index (χ1) is 4.66. The van der Waals surface area contributed by atoms with Gasteiger partial charge in [0, 0.05) is 25.9 Å². The molecule has 0 aromatic carbocycles. The van der Waals surface area contributed by atoms with Gasteiger partial charge < -0.3 is 0 Å². The minimum Gasteiger partial charge on any atom is -0.300 e. The third-order valence-corrected chi connectivity index (χ3v) is 1.26. The number of hydrogen-bond donors (Lipinski definition) is 0. The Kier molecular flexibility index (Phi) is 9.93. The Morgan fingerprint density at radius 3 is 2.18 bits per heavy atom. The van der Waals surface area contributed by atoms with Crippen LogP contribution in [0.4, 0.5) is 0 Å². The first-order valence-electron chi connectivity index (χ1n) is 3.68. The molecule has 0 fully saturated rings. The van der Waals surface area contributed by atoms with E-state index in [0.29, 0.717) is 6.42 Å². The van der Waals surface area contributed by atoms with E-state index in [1.54, 1.807) is 0 Å². The topological polar surface area (TPSA) is 34.1 Å². The molecular formula is C8H14O2Zn. The van der Waals surface area contributed by atoms with E-state index in [9.17, 15) is 9.59 Å². The molecule has 0 atom stereocenters. The first kappa shape index (κ1) is 13.5. The SMILES string of the molecule is CCCCC(=O)CC(C)=O.[Zn]. The predicted octanol–water partition coefficient (Wildman–Crippen LogP) is 1.72. The van der Waals surface area contributed by atoms with Crippen molar-refractivity contribution in [3.63, 3.8) is 0 Å². The molecule has 0 N–H and O–H groups in total. The number of Topliss-reactive ketones (excluding diaryl/α,β-unsaturated/α-hetero) is 2. The quantitative estimate of drug-likeness (QED) is 0.508. The van der Waals surface area contributed by atoms with E-state index in [2.05, 4.69) is 0 Å².